The molecule has 0 aliphatic carbocycles. The summed E-state index contributed by atoms with van der Waals surface area (Å²) in [6.45, 7) is 2.24. The third kappa shape index (κ3) is 2.77. The van der Waals surface area contributed by atoms with Crippen molar-refractivity contribution in [1.82, 2.24) is 4.90 Å². The Bertz CT molecular complexity index is 592. The molecule has 20 heavy (non-hydrogen) atoms. The highest BCUT2D eigenvalue weighted by Crippen LogP contribution is 2.22. The van der Waals surface area contributed by atoms with Crippen LogP contribution in [0.4, 0.5) is 5.69 Å². The zero-order chi connectivity index (χ0) is 14.7. The lowest BCUT2D eigenvalue weighted by Gasteiger charge is -2.31. The molecular formula is C14H15N3O3. The summed E-state index contributed by atoms with van der Waals surface area (Å²) in [4.78, 5) is 24.3. The third-order valence-electron chi connectivity index (χ3n) is 3.43. The van der Waals surface area contributed by atoms with Gasteiger partial charge in [-0.2, -0.15) is 5.26 Å². The van der Waals surface area contributed by atoms with E-state index in [0.29, 0.717) is 18.5 Å². The first kappa shape index (κ1) is 14.0. The number of nitro benzene ring substituents is 1. The Hall–Kier alpha value is -2.42. The van der Waals surface area contributed by atoms with Crippen LogP contribution in [0.15, 0.2) is 18.2 Å². The number of non-ortho nitro benzene ring substituents is 1. The monoisotopic (exact) mass is 273 g/mol. The molecule has 1 heterocycles. The van der Waals surface area contributed by atoms with Crippen molar-refractivity contribution in [2.45, 2.75) is 32.2 Å². The van der Waals surface area contributed by atoms with Gasteiger partial charge < -0.3 is 4.90 Å². The van der Waals surface area contributed by atoms with Crippen LogP contribution in [0, 0.1) is 28.4 Å². The van der Waals surface area contributed by atoms with E-state index in [1.165, 1.54) is 17.0 Å². The predicted octanol–water partition coefficient (Wildman–Crippen LogP) is 2.42. The zero-order valence-electron chi connectivity index (χ0n) is 11.2. The number of likely N-dealkylation sites (tertiary alicyclic amines) is 1. The van der Waals surface area contributed by atoms with Crippen LogP contribution in [0.2, 0.25) is 0 Å². The Morgan fingerprint density at radius 2 is 2.20 bits per heavy atom. The van der Waals surface area contributed by atoms with Crippen LogP contribution in [-0.2, 0) is 0 Å². The van der Waals surface area contributed by atoms with Gasteiger partial charge in [-0.05, 0) is 37.8 Å². The number of carbonyl (C=O) groups excluding carboxylic acids is 1. The number of amides is 1. The predicted molar refractivity (Wildman–Crippen MR) is 72.1 cm³/mol. The van der Waals surface area contributed by atoms with E-state index in [-0.39, 0.29) is 17.2 Å². The topological polar surface area (TPSA) is 87.2 Å². The van der Waals surface area contributed by atoms with Gasteiger partial charge in [0.1, 0.15) is 6.04 Å². The number of nitrogens with zero attached hydrogens (tertiary/aromatic N) is 3. The van der Waals surface area contributed by atoms with Crippen LogP contribution in [0.25, 0.3) is 0 Å². The molecule has 0 saturated carbocycles. The standard InChI is InChI=1S/C14H15N3O3/c1-10-6-11(8-13(7-10)17(19)20)14(18)16-5-3-2-4-12(16)9-15/h6-8,12H,2-5H2,1H3. The molecule has 0 radical (unpaired) electrons. The second-order valence-corrected chi connectivity index (χ2v) is 4.95. The second-order valence-electron chi connectivity index (χ2n) is 4.95. The molecule has 1 amide bonds. The van der Waals surface area contributed by atoms with Gasteiger partial charge in [0.05, 0.1) is 11.0 Å². The molecule has 1 aromatic rings. The Morgan fingerprint density at radius 3 is 2.85 bits per heavy atom. The minimum absolute atomic E-state index is 0.0983. The summed E-state index contributed by atoms with van der Waals surface area (Å²) in [5.41, 5.74) is 0.839. The fourth-order valence-corrected chi connectivity index (χ4v) is 2.47. The lowest BCUT2D eigenvalue weighted by atomic mass is 10.0. The van der Waals surface area contributed by atoms with Crippen LogP contribution in [0.1, 0.15) is 35.2 Å². The van der Waals surface area contributed by atoms with Gasteiger partial charge in [-0.25, -0.2) is 0 Å². The third-order valence-corrected chi connectivity index (χ3v) is 3.43. The summed E-state index contributed by atoms with van der Waals surface area (Å²) in [6, 6.07) is 6.02. The van der Waals surface area contributed by atoms with E-state index in [4.69, 9.17) is 5.26 Å². The van der Waals surface area contributed by atoms with E-state index in [1.807, 2.05) is 0 Å². The van der Waals surface area contributed by atoms with Gasteiger partial charge in [-0.3, -0.25) is 14.9 Å². The SMILES string of the molecule is Cc1cc(C(=O)N2CCCCC2C#N)cc([N+](=O)[O-])c1. The van der Waals surface area contributed by atoms with Gasteiger partial charge in [-0.1, -0.05) is 0 Å². The van der Waals surface area contributed by atoms with Crippen molar-refractivity contribution in [1.29, 1.82) is 5.26 Å². The van der Waals surface area contributed by atoms with Gasteiger partial charge in [0, 0.05) is 24.2 Å². The van der Waals surface area contributed by atoms with Crippen molar-refractivity contribution < 1.29 is 9.72 Å². The molecular weight excluding hydrogens is 258 g/mol. The van der Waals surface area contributed by atoms with Crippen LogP contribution >= 0.6 is 0 Å². The molecule has 6 nitrogen and oxygen atoms in total. The molecule has 6 heteroatoms. The van der Waals surface area contributed by atoms with Crippen molar-refractivity contribution in [3.63, 3.8) is 0 Å². The lowest BCUT2D eigenvalue weighted by Crippen LogP contribution is -2.42. The van der Waals surface area contributed by atoms with Crippen molar-refractivity contribution in [2.24, 2.45) is 0 Å². The fraction of sp³-hybridized carbons (Fsp3) is 0.429. The van der Waals surface area contributed by atoms with Crippen LogP contribution < -0.4 is 0 Å². The van der Waals surface area contributed by atoms with Crippen LogP contribution in [0.5, 0.6) is 0 Å². The molecule has 1 aromatic carbocycles. The largest absolute Gasteiger partial charge is 0.323 e. The molecule has 0 aromatic heterocycles. The van der Waals surface area contributed by atoms with Gasteiger partial charge in [0.25, 0.3) is 11.6 Å². The number of aryl methyl sites for hydroxylation is 1. The number of nitriles is 1. The minimum Gasteiger partial charge on any atom is -0.323 e. The molecule has 1 aliphatic heterocycles. The van der Waals surface area contributed by atoms with Gasteiger partial charge >= 0.3 is 0 Å². The maximum atomic E-state index is 12.4. The number of benzene rings is 1. The molecule has 1 fully saturated rings. The van der Waals surface area contributed by atoms with E-state index in [1.54, 1.807) is 13.0 Å². The molecule has 1 atom stereocenters. The zero-order valence-corrected chi connectivity index (χ0v) is 11.2. The molecule has 0 N–H and O–H groups in total. The van der Waals surface area contributed by atoms with Crippen molar-refractivity contribution in [3.05, 3.63) is 39.4 Å². The number of carbonyl (C=O) groups is 1. The Labute approximate surface area is 116 Å². The molecule has 0 spiro atoms. The molecule has 2 rings (SSSR count). The number of rotatable bonds is 2. The smallest absolute Gasteiger partial charge is 0.270 e. The minimum atomic E-state index is -0.512. The first-order chi connectivity index (χ1) is 9.52. The van der Waals surface area contributed by atoms with E-state index in [2.05, 4.69) is 6.07 Å². The molecule has 1 saturated heterocycles. The first-order valence-corrected chi connectivity index (χ1v) is 6.49. The maximum absolute atomic E-state index is 12.4. The Kier molecular flexibility index (Phi) is 3.99. The summed E-state index contributed by atoms with van der Waals surface area (Å²) in [7, 11) is 0. The summed E-state index contributed by atoms with van der Waals surface area (Å²) in [5, 5.41) is 20.0. The van der Waals surface area contributed by atoms with E-state index >= 15 is 0 Å². The second kappa shape index (κ2) is 5.70. The molecule has 1 aliphatic rings. The summed E-state index contributed by atoms with van der Waals surface area (Å²) in [6.07, 6.45) is 2.45. The van der Waals surface area contributed by atoms with Crippen LogP contribution in [0.3, 0.4) is 0 Å². The number of piperidine rings is 1. The number of hydrogen-bond donors (Lipinski definition) is 0. The lowest BCUT2D eigenvalue weighted by molar-refractivity contribution is -0.384. The molecule has 1 unspecified atom stereocenters. The van der Waals surface area contributed by atoms with Gasteiger partial charge in [-0.15, -0.1) is 0 Å². The summed E-state index contributed by atoms with van der Waals surface area (Å²) in [5.74, 6) is -0.303. The fourth-order valence-electron chi connectivity index (χ4n) is 2.47. The highest BCUT2D eigenvalue weighted by molar-refractivity contribution is 5.95. The van der Waals surface area contributed by atoms with Gasteiger partial charge in [0.15, 0.2) is 0 Å². The molecule has 0 bridgehead atoms. The summed E-state index contributed by atoms with van der Waals surface area (Å²) >= 11 is 0. The summed E-state index contributed by atoms with van der Waals surface area (Å²) < 4.78 is 0. The Balaban J connectivity index is 2.33. The highest BCUT2D eigenvalue weighted by Gasteiger charge is 2.28. The van der Waals surface area contributed by atoms with E-state index < -0.39 is 11.0 Å². The van der Waals surface area contributed by atoms with Crippen molar-refractivity contribution in [3.8, 4) is 6.07 Å². The number of hydrogen-bond acceptors (Lipinski definition) is 4. The number of nitro groups is 1. The van der Waals surface area contributed by atoms with Gasteiger partial charge in [0.2, 0.25) is 0 Å². The van der Waals surface area contributed by atoms with E-state index in [9.17, 15) is 14.9 Å². The molecule has 104 valence electrons. The normalized spacial score (nSPS) is 18.4. The quantitative estimate of drug-likeness (QED) is 0.611. The Morgan fingerprint density at radius 1 is 1.45 bits per heavy atom. The van der Waals surface area contributed by atoms with E-state index in [0.717, 1.165) is 12.8 Å². The highest BCUT2D eigenvalue weighted by atomic mass is 16.6. The van der Waals surface area contributed by atoms with Crippen molar-refractivity contribution >= 4 is 11.6 Å². The average Bonchev–Trinajstić information content (AvgIpc) is 2.45. The average molecular weight is 273 g/mol. The maximum Gasteiger partial charge on any atom is 0.270 e. The van der Waals surface area contributed by atoms with Crippen LogP contribution in [-0.4, -0.2) is 28.3 Å². The first-order valence-electron chi connectivity index (χ1n) is 6.49. The van der Waals surface area contributed by atoms with Crippen molar-refractivity contribution in [2.75, 3.05) is 6.54 Å².